The van der Waals surface area contributed by atoms with Crippen molar-refractivity contribution >= 4 is 17.5 Å². The number of carbonyl (C=O) groups is 2. The third-order valence-electron chi connectivity index (χ3n) is 4.46. The maximum absolute atomic E-state index is 12.4. The number of hydrogen-bond acceptors (Lipinski definition) is 4. The highest BCUT2D eigenvalue weighted by Gasteiger charge is 2.17. The first-order chi connectivity index (χ1) is 14.6. The molecule has 2 amide bonds. The standard InChI is InChI=1S/C24H24N2O4/c1-17(23(27)26-21-10-6-7-11-22(21)29-2)30-20-14-12-19(13-15-20)24(28)25-16-18-8-4-3-5-9-18/h3-15,17H,16H2,1-2H3,(H,25,28)(H,26,27)/t17-/m1/s1. The number of para-hydroxylation sites is 2. The van der Waals surface area contributed by atoms with Gasteiger partial charge in [-0.1, -0.05) is 42.5 Å². The summed E-state index contributed by atoms with van der Waals surface area (Å²) in [6.07, 6.45) is -0.729. The lowest BCUT2D eigenvalue weighted by molar-refractivity contribution is -0.122. The van der Waals surface area contributed by atoms with E-state index in [-0.39, 0.29) is 11.8 Å². The van der Waals surface area contributed by atoms with Crippen LogP contribution in [0.1, 0.15) is 22.8 Å². The zero-order valence-corrected chi connectivity index (χ0v) is 16.9. The first-order valence-corrected chi connectivity index (χ1v) is 9.59. The molecule has 0 bridgehead atoms. The normalized spacial score (nSPS) is 11.3. The van der Waals surface area contributed by atoms with Crippen LogP contribution in [-0.4, -0.2) is 25.0 Å². The molecule has 0 saturated carbocycles. The van der Waals surface area contributed by atoms with E-state index in [0.717, 1.165) is 5.56 Å². The van der Waals surface area contributed by atoms with Crippen molar-refractivity contribution in [1.29, 1.82) is 0 Å². The minimum Gasteiger partial charge on any atom is -0.495 e. The molecule has 6 heteroatoms. The molecule has 154 valence electrons. The fraction of sp³-hybridized carbons (Fsp3) is 0.167. The number of carbonyl (C=O) groups excluding carboxylic acids is 2. The van der Waals surface area contributed by atoms with E-state index in [1.54, 1.807) is 50.4 Å². The van der Waals surface area contributed by atoms with Crippen LogP contribution >= 0.6 is 0 Å². The van der Waals surface area contributed by atoms with Gasteiger partial charge in [0.05, 0.1) is 12.8 Å². The first-order valence-electron chi connectivity index (χ1n) is 9.59. The number of methoxy groups -OCH3 is 1. The number of rotatable bonds is 8. The summed E-state index contributed by atoms with van der Waals surface area (Å²) in [5.41, 5.74) is 2.12. The fourth-order valence-corrected chi connectivity index (χ4v) is 2.81. The van der Waals surface area contributed by atoms with Crippen molar-refractivity contribution < 1.29 is 19.1 Å². The van der Waals surface area contributed by atoms with Gasteiger partial charge in [0.1, 0.15) is 11.5 Å². The van der Waals surface area contributed by atoms with Gasteiger partial charge in [0, 0.05) is 12.1 Å². The lowest BCUT2D eigenvalue weighted by Gasteiger charge is -2.16. The van der Waals surface area contributed by atoms with E-state index in [2.05, 4.69) is 10.6 Å². The summed E-state index contributed by atoms with van der Waals surface area (Å²) in [7, 11) is 1.54. The van der Waals surface area contributed by atoms with Gasteiger partial charge in [0.15, 0.2) is 6.10 Å². The predicted octanol–water partition coefficient (Wildman–Crippen LogP) is 4.03. The average Bonchev–Trinajstić information content (AvgIpc) is 2.79. The maximum Gasteiger partial charge on any atom is 0.265 e. The van der Waals surface area contributed by atoms with E-state index < -0.39 is 6.10 Å². The predicted molar refractivity (Wildman–Crippen MR) is 116 cm³/mol. The van der Waals surface area contributed by atoms with Crippen LogP contribution in [0.15, 0.2) is 78.9 Å². The number of benzene rings is 3. The number of hydrogen-bond donors (Lipinski definition) is 2. The monoisotopic (exact) mass is 404 g/mol. The van der Waals surface area contributed by atoms with Crippen molar-refractivity contribution in [2.75, 3.05) is 12.4 Å². The third kappa shape index (κ3) is 5.61. The van der Waals surface area contributed by atoms with Gasteiger partial charge in [0.2, 0.25) is 0 Å². The zero-order chi connectivity index (χ0) is 21.3. The minimum atomic E-state index is -0.729. The molecule has 0 saturated heterocycles. The van der Waals surface area contributed by atoms with Gasteiger partial charge in [-0.15, -0.1) is 0 Å². The van der Waals surface area contributed by atoms with Crippen molar-refractivity contribution in [2.45, 2.75) is 19.6 Å². The lowest BCUT2D eigenvalue weighted by atomic mass is 10.2. The second kappa shape index (κ2) is 10.1. The van der Waals surface area contributed by atoms with E-state index in [4.69, 9.17) is 9.47 Å². The Bertz CT molecular complexity index is 988. The van der Waals surface area contributed by atoms with E-state index >= 15 is 0 Å². The quantitative estimate of drug-likeness (QED) is 0.594. The summed E-state index contributed by atoms with van der Waals surface area (Å²) in [5, 5.41) is 5.67. The summed E-state index contributed by atoms with van der Waals surface area (Å²) in [6.45, 7) is 2.11. The van der Waals surface area contributed by atoms with Crippen LogP contribution in [0.2, 0.25) is 0 Å². The second-order valence-electron chi connectivity index (χ2n) is 6.64. The SMILES string of the molecule is COc1ccccc1NC(=O)[C@@H](C)Oc1ccc(C(=O)NCc2ccccc2)cc1. The first kappa shape index (κ1) is 20.9. The van der Waals surface area contributed by atoms with E-state index in [9.17, 15) is 9.59 Å². The Labute approximate surface area is 175 Å². The molecule has 3 aromatic rings. The van der Waals surface area contributed by atoms with Crippen LogP contribution in [-0.2, 0) is 11.3 Å². The van der Waals surface area contributed by atoms with E-state index in [1.165, 1.54) is 0 Å². The molecule has 1 atom stereocenters. The Kier molecular flexibility index (Phi) is 7.05. The molecule has 0 aliphatic heterocycles. The Hall–Kier alpha value is -3.80. The molecule has 0 unspecified atom stereocenters. The molecule has 3 aromatic carbocycles. The van der Waals surface area contributed by atoms with Crippen LogP contribution in [0, 0.1) is 0 Å². The van der Waals surface area contributed by atoms with Crippen LogP contribution < -0.4 is 20.1 Å². The van der Waals surface area contributed by atoms with Crippen molar-refractivity contribution in [3.63, 3.8) is 0 Å². The molecule has 0 radical (unpaired) electrons. The lowest BCUT2D eigenvalue weighted by Crippen LogP contribution is -2.30. The topological polar surface area (TPSA) is 76.7 Å². The molecule has 0 aromatic heterocycles. The van der Waals surface area contributed by atoms with Gasteiger partial charge in [-0.2, -0.15) is 0 Å². The number of nitrogens with one attached hydrogen (secondary N) is 2. The summed E-state index contributed by atoms with van der Waals surface area (Å²) >= 11 is 0. The Morgan fingerprint density at radius 2 is 1.57 bits per heavy atom. The minimum absolute atomic E-state index is 0.174. The highest BCUT2D eigenvalue weighted by atomic mass is 16.5. The van der Waals surface area contributed by atoms with Crippen molar-refractivity contribution in [1.82, 2.24) is 5.32 Å². The largest absolute Gasteiger partial charge is 0.495 e. The third-order valence-corrected chi connectivity index (χ3v) is 4.46. The van der Waals surface area contributed by atoms with Crippen molar-refractivity contribution in [3.05, 3.63) is 90.0 Å². The van der Waals surface area contributed by atoms with E-state index in [1.807, 2.05) is 42.5 Å². The van der Waals surface area contributed by atoms with Crippen molar-refractivity contribution in [3.8, 4) is 11.5 Å². The van der Waals surface area contributed by atoms with Gasteiger partial charge in [-0.25, -0.2) is 0 Å². The molecule has 0 spiro atoms. The molecule has 2 N–H and O–H groups in total. The molecule has 30 heavy (non-hydrogen) atoms. The van der Waals surface area contributed by atoms with Crippen LogP contribution in [0.4, 0.5) is 5.69 Å². The van der Waals surface area contributed by atoms with Gasteiger partial charge in [-0.05, 0) is 48.9 Å². The Morgan fingerprint density at radius 1 is 0.900 bits per heavy atom. The molecule has 0 heterocycles. The summed E-state index contributed by atoms with van der Waals surface area (Å²) in [6, 6.07) is 23.5. The van der Waals surface area contributed by atoms with E-state index in [0.29, 0.717) is 29.3 Å². The Morgan fingerprint density at radius 3 is 2.27 bits per heavy atom. The summed E-state index contributed by atoms with van der Waals surface area (Å²) < 4.78 is 10.9. The molecule has 6 nitrogen and oxygen atoms in total. The molecule has 3 rings (SSSR count). The van der Waals surface area contributed by atoms with Gasteiger partial charge < -0.3 is 20.1 Å². The van der Waals surface area contributed by atoms with Crippen molar-refractivity contribution in [2.24, 2.45) is 0 Å². The second-order valence-corrected chi connectivity index (χ2v) is 6.64. The molecule has 0 aliphatic carbocycles. The molecular formula is C24H24N2O4. The number of anilines is 1. The molecule has 0 fully saturated rings. The fourth-order valence-electron chi connectivity index (χ4n) is 2.81. The van der Waals surface area contributed by atoms with Gasteiger partial charge in [-0.3, -0.25) is 9.59 Å². The van der Waals surface area contributed by atoms with Crippen LogP contribution in [0.5, 0.6) is 11.5 Å². The average molecular weight is 404 g/mol. The Balaban J connectivity index is 1.54. The summed E-state index contributed by atoms with van der Waals surface area (Å²) in [5.74, 6) is 0.595. The van der Waals surface area contributed by atoms with Crippen LogP contribution in [0.3, 0.4) is 0 Å². The summed E-state index contributed by atoms with van der Waals surface area (Å²) in [4.78, 5) is 24.7. The highest BCUT2D eigenvalue weighted by Crippen LogP contribution is 2.23. The van der Waals surface area contributed by atoms with Crippen LogP contribution in [0.25, 0.3) is 0 Å². The molecular weight excluding hydrogens is 380 g/mol. The highest BCUT2D eigenvalue weighted by molar-refractivity contribution is 5.95. The zero-order valence-electron chi connectivity index (χ0n) is 16.9. The smallest absolute Gasteiger partial charge is 0.265 e. The molecule has 0 aliphatic rings. The maximum atomic E-state index is 12.4. The number of amides is 2. The number of ether oxygens (including phenoxy) is 2. The van der Waals surface area contributed by atoms with Gasteiger partial charge in [0.25, 0.3) is 11.8 Å². The van der Waals surface area contributed by atoms with Gasteiger partial charge >= 0.3 is 0 Å².